The van der Waals surface area contributed by atoms with Crippen LogP contribution in [0.15, 0.2) is 18.2 Å². The van der Waals surface area contributed by atoms with Crippen LogP contribution in [0.3, 0.4) is 0 Å². The molecule has 1 atom stereocenters. The van der Waals surface area contributed by atoms with Gasteiger partial charge >= 0.3 is 0 Å². The minimum atomic E-state index is -0.0150. The van der Waals surface area contributed by atoms with Crippen LogP contribution < -0.4 is 0 Å². The van der Waals surface area contributed by atoms with Crippen LogP contribution in [-0.2, 0) is 0 Å². The molecule has 0 aliphatic carbocycles. The van der Waals surface area contributed by atoms with Crippen molar-refractivity contribution in [3.05, 3.63) is 33.8 Å². The third kappa shape index (κ3) is 3.65. The topological polar surface area (TPSA) is 20.3 Å². The largest absolute Gasteiger partial charge is 0.335 e. The predicted molar refractivity (Wildman–Crippen MR) is 83.5 cm³/mol. The minimum absolute atomic E-state index is 0.0150. The van der Waals surface area contributed by atoms with Gasteiger partial charge in [0, 0.05) is 22.9 Å². The van der Waals surface area contributed by atoms with Crippen LogP contribution in [0.2, 0.25) is 10.0 Å². The van der Waals surface area contributed by atoms with Crippen LogP contribution in [0.1, 0.15) is 36.0 Å². The van der Waals surface area contributed by atoms with E-state index in [1.165, 1.54) is 12.8 Å². The molecule has 1 amide bonds. The van der Waals surface area contributed by atoms with Crippen molar-refractivity contribution in [1.29, 1.82) is 0 Å². The molecular weight excluding hydrogens is 349 g/mol. The lowest BCUT2D eigenvalue weighted by molar-refractivity contribution is 0.0702. The molecule has 1 unspecified atom stereocenters. The summed E-state index contributed by atoms with van der Waals surface area (Å²) >= 11 is 15.6. The molecule has 5 heteroatoms. The van der Waals surface area contributed by atoms with Crippen LogP contribution in [0.5, 0.6) is 0 Å². The van der Waals surface area contributed by atoms with Gasteiger partial charge in [0.25, 0.3) is 5.91 Å². The predicted octanol–water partition coefficient (Wildman–Crippen LogP) is 4.77. The molecule has 1 fully saturated rings. The summed E-state index contributed by atoms with van der Waals surface area (Å²) in [6.07, 6.45) is 4.43. The molecule has 0 radical (unpaired) electrons. The number of halogens is 3. The Morgan fingerprint density at radius 2 is 2.11 bits per heavy atom. The van der Waals surface area contributed by atoms with Gasteiger partial charge in [-0.2, -0.15) is 0 Å². The number of carbonyl (C=O) groups excluding carboxylic acids is 1. The number of likely N-dealkylation sites (tertiary alicyclic amines) is 1. The number of benzene rings is 1. The van der Waals surface area contributed by atoms with Gasteiger partial charge in [-0.1, -0.05) is 52.0 Å². The minimum Gasteiger partial charge on any atom is -0.335 e. The molecule has 0 saturated carbocycles. The van der Waals surface area contributed by atoms with E-state index in [9.17, 15) is 4.79 Å². The Balaban J connectivity index is 2.27. The standard InChI is InChI=1S/C14H16BrCl2NO/c15-9-11-4-2-1-3-7-18(11)14(19)12-8-10(16)5-6-13(12)17/h5-6,8,11H,1-4,7,9H2. The van der Waals surface area contributed by atoms with Gasteiger partial charge in [0.15, 0.2) is 0 Å². The second-order valence-electron chi connectivity index (χ2n) is 4.78. The molecule has 1 heterocycles. The Morgan fingerprint density at radius 1 is 1.32 bits per heavy atom. The van der Waals surface area contributed by atoms with Crippen LogP contribution in [-0.4, -0.2) is 28.7 Å². The molecule has 0 aromatic heterocycles. The fourth-order valence-corrected chi connectivity index (χ4v) is 3.46. The summed E-state index contributed by atoms with van der Waals surface area (Å²) in [5.41, 5.74) is 0.502. The van der Waals surface area contributed by atoms with Crippen molar-refractivity contribution < 1.29 is 4.79 Å². The van der Waals surface area contributed by atoms with E-state index < -0.39 is 0 Å². The summed E-state index contributed by atoms with van der Waals surface area (Å²) in [5.74, 6) is -0.0150. The molecule has 0 spiro atoms. The molecule has 0 bridgehead atoms. The van der Waals surface area contributed by atoms with E-state index in [-0.39, 0.29) is 11.9 Å². The highest BCUT2D eigenvalue weighted by atomic mass is 79.9. The fourth-order valence-electron chi connectivity index (χ4n) is 2.42. The maximum Gasteiger partial charge on any atom is 0.255 e. The third-order valence-corrected chi connectivity index (χ3v) is 4.79. The van der Waals surface area contributed by atoms with Crippen molar-refractivity contribution in [2.45, 2.75) is 31.7 Å². The number of hydrogen-bond acceptors (Lipinski definition) is 1. The molecule has 104 valence electrons. The quantitative estimate of drug-likeness (QED) is 0.692. The van der Waals surface area contributed by atoms with Gasteiger partial charge in [0.2, 0.25) is 0 Å². The third-order valence-electron chi connectivity index (χ3n) is 3.47. The average molecular weight is 365 g/mol. The first-order chi connectivity index (χ1) is 9.13. The zero-order valence-corrected chi connectivity index (χ0v) is 13.6. The van der Waals surface area contributed by atoms with Gasteiger partial charge < -0.3 is 4.90 Å². The molecule has 2 rings (SSSR count). The first-order valence-corrected chi connectivity index (χ1v) is 8.33. The van der Waals surface area contributed by atoms with Crippen LogP contribution in [0, 0.1) is 0 Å². The average Bonchev–Trinajstić information content (AvgIpc) is 2.65. The van der Waals surface area contributed by atoms with Gasteiger partial charge in [-0.05, 0) is 31.0 Å². The Kier molecular flexibility index (Phi) is 5.55. The van der Waals surface area contributed by atoms with E-state index >= 15 is 0 Å². The molecule has 0 N–H and O–H groups in total. The number of alkyl halides is 1. The van der Waals surface area contributed by atoms with Gasteiger partial charge in [0.1, 0.15) is 0 Å². The maximum absolute atomic E-state index is 12.7. The molecule has 1 saturated heterocycles. The molecule has 1 aromatic carbocycles. The Hall–Kier alpha value is -0.250. The van der Waals surface area contributed by atoms with E-state index in [1.807, 2.05) is 4.90 Å². The zero-order chi connectivity index (χ0) is 13.8. The summed E-state index contributed by atoms with van der Waals surface area (Å²) in [7, 11) is 0. The number of nitrogens with zero attached hydrogens (tertiary/aromatic N) is 1. The van der Waals surface area contributed by atoms with E-state index in [0.29, 0.717) is 15.6 Å². The second-order valence-corrected chi connectivity index (χ2v) is 6.27. The number of carbonyl (C=O) groups is 1. The summed E-state index contributed by atoms with van der Waals surface area (Å²) in [4.78, 5) is 14.6. The van der Waals surface area contributed by atoms with Crippen LogP contribution in [0.4, 0.5) is 0 Å². The molecule has 2 nitrogen and oxygen atoms in total. The van der Waals surface area contributed by atoms with Crippen molar-refractivity contribution in [3.63, 3.8) is 0 Å². The summed E-state index contributed by atoms with van der Waals surface area (Å²) in [5, 5.41) is 1.81. The number of rotatable bonds is 2. The second kappa shape index (κ2) is 6.96. The zero-order valence-electron chi connectivity index (χ0n) is 10.5. The lowest BCUT2D eigenvalue weighted by Gasteiger charge is -2.29. The first kappa shape index (κ1) is 15.1. The molecule has 1 aromatic rings. The van der Waals surface area contributed by atoms with Crippen molar-refractivity contribution >= 4 is 45.0 Å². The van der Waals surface area contributed by atoms with Gasteiger partial charge in [-0.15, -0.1) is 0 Å². The van der Waals surface area contributed by atoms with Crippen molar-refractivity contribution in [2.75, 3.05) is 11.9 Å². The lowest BCUT2D eigenvalue weighted by atomic mass is 10.1. The van der Waals surface area contributed by atoms with Crippen LogP contribution in [0.25, 0.3) is 0 Å². The number of amides is 1. The molecule has 1 aliphatic rings. The smallest absolute Gasteiger partial charge is 0.255 e. The monoisotopic (exact) mass is 363 g/mol. The molecule has 19 heavy (non-hydrogen) atoms. The Morgan fingerprint density at radius 3 is 2.84 bits per heavy atom. The normalized spacial score (nSPS) is 20.2. The van der Waals surface area contributed by atoms with E-state index in [4.69, 9.17) is 23.2 Å². The highest BCUT2D eigenvalue weighted by Gasteiger charge is 2.26. The van der Waals surface area contributed by atoms with Gasteiger partial charge in [-0.25, -0.2) is 0 Å². The Labute approximate surface area is 132 Å². The molecule has 1 aliphatic heterocycles. The van der Waals surface area contributed by atoms with E-state index in [1.54, 1.807) is 18.2 Å². The van der Waals surface area contributed by atoms with Crippen molar-refractivity contribution in [3.8, 4) is 0 Å². The summed E-state index contributed by atoms with van der Waals surface area (Å²) in [6, 6.07) is 5.27. The van der Waals surface area contributed by atoms with Gasteiger partial charge in [-0.3, -0.25) is 4.79 Å². The highest BCUT2D eigenvalue weighted by molar-refractivity contribution is 9.09. The lowest BCUT2D eigenvalue weighted by Crippen LogP contribution is -2.41. The van der Waals surface area contributed by atoms with Gasteiger partial charge in [0.05, 0.1) is 10.6 Å². The van der Waals surface area contributed by atoms with Crippen molar-refractivity contribution in [2.24, 2.45) is 0 Å². The first-order valence-electron chi connectivity index (χ1n) is 6.45. The highest BCUT2D eigenvalue weighted by Crippen LogP contribution is 2.26. The number of hydrogen-bond donors (Lipinski definition) is 0. The van der Waals surface area contributed by atoms with Crippen molar-refractivity contribution in [1.82, 2.24) is 4.90 Å². The fraction of sp³-hybridized carbons (Fsp3) is 0.500. The Bertz CT molecular complexity index is 467. The van der Waals surface area contributed by atoms with E-state index in [2.05, 4.69) is 15.9 Å². The maximum atomic E-state index is 12.7. The summed E-state index contributed by atoms with van der Waals surface area (Å²) < 4.78 is 0. The SMILES string of the molecule is O=C(c1cc(Cl)ccc1Cl)N1CCCCCC1CBr. The van der Waals surface area contributed by atoms with Crippen LogP contribution >= 0.6 is 39.1 Å². The summed E-state index contributed by atoms with van der Waals surface area (Å²) in [6.45, 7) is 0.790. The molecular formula is C14H16BrCl2NO. The van der Waals surface area contributed by atoms with E-state index in [0.717, 1.165) is 24.7 Å².